The van der Waals surface area contributed by atoms with Gasteiger partial charge in [-0.05, 0) is 70.2 Å². The summed E-state index contributed by atoms with van der Waals surface area (Å²) in [5.74, 6) is -5.27. The molecule has 2 fully saturated rings. The molecule has 3 unspecified atom stereocenters. The maximum Gasteiger partial charge on any atom is 0.410 e. The maximum atomic E-state index is 16.2. The lowest BCUT2D eigenvalue weighted by Gasteiger charge is -2.42. The molecule has 0 saturated carbocycles. The molecule has 2 saturated heterocycles. The molecule has 4 atom stereocenters. The summed E-state index contributed by atoms with van der Waals surface area (Å²) in [7, 11) is 0. The highest BCUT2D eigenvalue weighted by Crippen LogP contribution is 2.39. The molecular weight excluding hydrogens is 798 g/mol. The first-order valence-corrected chi connectivity index (χ1v) is 20.4. The molecule has 0 spiro atoms. The van der Waals surface area contributed by atoms with Gasteiger partial charge in [-0.1, -0.05) is 30.3 Å². The number of alkyl halides is 1. The number of esters is 1. The predicted molar refractivity (Wildman–Crippen MR) is 215 cm³/mol. The summed E-state index contributed by atoms with van der Waals surface area (Å²) in [5.41, 5.74) is -0.0906. The van der Waals surface area contributed by atoms with E-state index < -0.39 is 77.2 Å². The highest BCUT2D eigenvalue weighted by molar-refractivity contribution is 6.13. The van der Waals surface area contributed by atoms with Gasteiger partial charge in [0, 0.05) is 82.4 Å². The zero-order chi connectivity index (χ0) is 44.2. The number of amides is 5. The largest absolute Gasteiger partial charge is 0.453 e. The van der Waals surface area contributed by atoms with E-state index in [-0.39, 0.29) is 75.2 Å². The molecule has 5 amide bonds. The van der Waals surface area contributed by atoms with Crippen molar-refractivity contribution < 1.29 is 51.4 Å². The van der Waals surface area contributed by atoms with E-state index in [1.54, 1.807) is 36.4 Å². The van der Waals surface area contributed by atoms with E-state index in [2.05, 4.69) is 0 Å². The number of ether oxygens (including phenoxy) is 2. The van der Waals surface area contributed by atoms with Gasteiger partial charge in [0.25, 0.3) is 17.7 Å². The van der Waals surface area contributed by atoms with Crippen LogP contribution in [-0.2, 0) is 40.0 Å². The van der Waals surface area contributed by atoms with Crippen LogP contribution in [0.4, 0.5) is 18.0 Å². The van der Waals surface area contributed by atoms with Crippen LogP contribution >= 0.6 is 0 Å². The fourth-order valence-electron chi connectivity index (χ4n) is 8.09. The van der Waals surface area contributed by atoms with Crippen molar-refractivity contribution in [3.05, 3.63) is 89.9 Å². The Hall–Kier alpha value is -6.00. The standard InChI is InChI=1S/C44H51F3N6O8/c1-27(60-28(2)54)42(58)53(24-31-23-51(25-35(31)47)43(59)61-44(3,4)5)40(30-15-18-49(19-16-30)37(55)17-20-52-38(56)13-14-39(52)57)41-48-36(33-21-32(45)11-12-34(33)46)26-50(41)22-29-9-7-6-8-10-29/h6-14,21,26-27,30-31,35,40H,15-20,22-25H2,1-5H3/t27-,31?,35?,40?/m0/s1. The molecule has 3 aliphatic heterocycles. The number of carbonyl (C=O) groups is 6. The highest BCUT2D eigenvalue weighted by atomic mass is 19.1. The lowest BCUT2D eigenvalue weighted by Crippen LogP contribution is -2.50. The molecule has 17 heteroatoms. The van der Waals surface area contributed by atoms with Crippen LogP contribution in [-0.4, -0.2) is 122 Å². The molecule has 326 valence electrons. The number of rotatable bonds is 13. The molecule has 3 aromatic rings. The van der Waals surface area contributed by atoms with Gasteiger partial charge >= 0.3 is 12.1 Å². The van der Waals surface area contributed by atoms with Crippen molar-refractivity contribution in [3.63, 3.8) is 0 Å². The van der Waals surface area contributed by atoms with Crippen molar-refractivity contribution in [1.29, 1.82) is 0 Å². The summed E-state index contributed by atoms with van der Waals surface area (Å²) in [4.78, 5) is 87.9. The molecule has 6 rings (SSSR count). The minimum absolute atomic E-state index is 0.0711. The monoisotopic (exact) mass is 848 g/mol. The molecule has 61 heavy (non-hydrogen) atoms. The minimum atomic E-state index is -1.59. The number of imidazole rings is 1. The average Bonchev–Trinajstić information content (AvgIpc) is 3.89. The van der Waals surface area contributed by atoms with Crippen molar-refractivity contribution in [2.45, 2.75) is 84.3 Å². The molecular formula is C44H51F3N6O8. The Balaban J connectivity index is 1.41. The Morgan fingerprint density at radius 3 is 2.26 bits per heavy atom. The number of likely N-dealkylation sites (tertiary alicyclic amines) is 2. The van der Waals surface area contributed by atoms with Crippen LogP contribution in [0.5, 0.6) is 0 Å². The summed E-state index contributed by atoms with van der Waals surface area (Å²) in [5, 5.41) is 0. The third-order valence-corrected chi connectivity index (χ3v) is 11.0. The van der Waals surface area contributed by atoms with Crippen molar-refractivity contribution >= 4 is 35.7 Å². The van der Waals surface area contributed by atoms with Gasteiger partial charge in [0.15, 0.2) is 6.10 Å². The van der Waals surface area contributed by atoms with E-state index >= 15 is 8.78 Å². The quantitative estimate of drug-likeness (QED) is 0.162. The van der Waals surface area contributed by atoms with Crippen LogP contribution in [0.1, 0.15) is 71.3 Å². The van der Waals surface area contributed by atoms with Gasteiger partial charge in [0.05, 0.1) is 18.3 Å². The van der Waals surface area contributed by atoms with E-state index in [4.69, 9.17) is 14.5 Å². The third kappa shape index (κ3) is 10.9. The second-order valence-corrected chi connectivity index (χ2v) is 16.7. The van der Waals surface area contributed by atoms with Crippen molar-refractivity contribution in [2.24, 2.45) is 11.8 Å². The Bertz CT molecular complexity index is 2150. The number of nitrogens with zero attached hydrogens (tertiary/aromatic N) is 6. The lowest BCUT2D eigenvalue weighted by atomic mass is 9.86. The second kappa shape index (κ2) is 18.7. The number of piperidine rings is 1. The lowest BCUT2D eigenvalue weighted by molar-refractivity contribution is -0.160. The van der Waals surface area contributed by atoms with Crippen molar-refractivity contribution in [3.8, 4) is 11.3 Å². The number of carbonyl (C=O) groups excluding carboxylic acids is 6. The average molecular weight is 849 g/mol. The fraction of sp³-hybridized carbons (Fsp3) is 0.477. The predicted octanol–water partition coefficient (Wildman–Crippen LogP) is 5.46. The molecule has 0 radical (unpaired) electrons. The first-order valence-electron chi connectivity index (χ1n) is 20.4. The van der Waals surface area contributed by atoms with Crippen molar-refractivity contribution in [1.82, 2.24) is 29.2 Å². The summed E-state index contributed by atoms with van der Waals surface area (Å²) in [6.45, 7) is 7.48. The number of aromatic nitrogens is 2. The van der Waals surface area contributed by atoms with Gasteiger partial charge in [-0.25, -0.2) is 22.9 Å². The van der Waals surface area contributed by atoms with E-state index in [0.29, 0.717) is 12.8 Å². The van der Waals surface area contributed by atoms with Crippen LogP contribution in [0.15, 0.2) is 66.9 Å². The number of halogens is 3. The molecule has 0 N–H and O–H groups in total. The fourth-order valence-corrected chi connectivity index (χ4v) is 8.09. The molecule has 4 heterocycles. The van der Waals surface area contributed by atoms with Crippen LogP contribution in [0, 0.1) is 23.5 Å². The smallest absolute Gasteiger partial charge is 0.410 e. The Morgan fingerprint density at radius 2 is 1.62 bits per heavy atom. The molecule has 0 bridgehead atoms. The minimum Gasteiger partial charge on any atom is -0.453 e. The summed E-state index contributed by atoms with van der Waals surface area (Å²) in [6.07, 6.45) is 0.704. The Kier molecular flexibility index (Phi) is 13.7. The number of hydrogen-bond donors (Lipinski definition) is 0. The molecule has 1 aromatic heterocycles. The first-order chi connectivity index (χ1) is 28.9. The molecule has 3 aliphatic rings. The molecule has 14 nitrogen and oxygen atoms in total. The summed E-state index contributed by atoms with van der Waals surface area (Å²) in [6, 6.07) is 11.2. The first kappa shape index (κ1) is 44.5. The van der Waals surface area contributed by atoms with E-state index in [1.165, 1.54) is 16.7 Å². The maximum absolute atomic E-state index is 16.2. The van der Waals surface area contributed by atoms with Crippen LogP contribution in [0.2, 0.25) is 0 Å². The van der Waals surface area contributed by atoms with Gasteiger partial charge < -0.3 is 28.7 Å². The zero-order valence-electron chi connectivity index (χ0n) is 34.9. The molecule has 0 aliphatic carbocycles. The number of hydrogen-bond acceptors (Lipinski definition) is 9. The van der Waals surface area contributed by atoms with Gasteiger partial charge in [0.1, 0.15) is 29.2 Å². The molecule has 2 aromatic carbocycles. The van der Waals surface area contributed by atoms with Gasteiger partial charge in [-0.2, -0.15) is 0 Å². The van der Waals surface area contributed by atoms with Gasteiger partial charge in [-0.3, -0.25) is 28.9 Å². The zero-order valence-corrected chi connectivity index (χ0v) is 34.9. The van der Waals surface area contributed by atoms with Gasteiger partial charge in [-0.15, -0.1) is 0 Å². The Morgan fingerprint density at radius 1 is 0.951 bits per heavy atom. The van der Waals surface area contributed by atoms with Crippen LogP contribution < -0.4 is 0 Å². The summed E-state index contributed by atoms with van der Waals surface area (Å²) < 4.78 is 58.9. The van der Waals surface area contributed by atoms with E-state index in [9.17, 15) is 33.2 Å². The third-order valence-electron chi connectivity index (χ3n) is 11.0. The Labute approximate surface area is 352 Å². The SMILES string of the molecule is CC(=O)O[C@@H](C)C(=O)N(CC1CN(C(=O)OC(C)(C)C)CC1F)C(c1nc(-c2cc(F)ccc2F)cn1Cc1ccccc1)C1CCN(C(=O)CCN2C(=O)C=CC2=O)CC1. The number of benzene rings is 2. The number of imide groups is 1. The topological polar surface area (TPSA) is 152 Å². The van der Waals surface area contributed by atoms with E-state index in [1.807, 2.05) is 30.3 Å². The van der Waals surface area contributed by atoms with Crippen LogP contribution in [0.3, 0.4) is 0 Å². The van der Waals surface area contributed by atoms with E-state index in [0.717, 1.165) is 47.7 Å². The highest BCUT2D eigenvalue weighted by Gasteiger charge is 2.45. The second-order valence-electron chi connectivity index (χ2n) is 16.7. The van der Waals surface area contributed by atoms with Gasteiger partial charge in [0.2, 0.25) is 5.91 Å². The summed E-state index contributed by atoms with van der Waals surface area (Å²) >= 11 is 0. The normalized spacial score (nSPS) is 19.3. The van der Waals surface area contributed by atoms with Crippen LogP contribution in [0.25, 0.3) is 11.3 Å². The van der Waals surface area contributed by atoms with Crippen molar-refractivity contribution in [2.75, 3.05) is 39.3 Å².